The van der Waals surface area contributed by atoms with E-state index in [1.54, 1.807) is 0 Å². The molecule has 2 unspecified atom stereocenters. The van der Waals surface area contributed by atoms with Gasteiger partial charge in [-0.25, -0.2) is 0 Å². The fraction of sp³-hybridized carbons (Fsp3) is 0.800. The first-order chi connectivity index (χ1) is 6.36. The molecule has 0 amide bonds. The van der Waals surface area contributed by atoms with Crippen molar-refractivity contribution in [1.82, 2.24) is 0 Å². The van der Waals surface area contributed by atoms with Gasteiger partial charge in [-0.3, -0.25) is 0 Å². The highest BCUT2D eigenvalue weighted by molar-refractivity contribution is 4.71. The summed E-state index contributed by atoms with van der Waals surface area (Å²) in [5.74, 6) is 0. The van der Waals surface area contributed by atoms with E-state index in [0.717, 1.165) is 32.8 Å². The van der Waals surface area contributed by atoms with Gasteiger partial charge in [-0.1, -0.05) is 13.0 Å². The lowest BCUT2D eigenvalue weighted by Gasteiger charge is -1.95. The van der Waals surface area contributed by atoms with Crippen LogP contribution >= 0.6 is 0 Å². The van der Waals surface area contributed by atoms with Crippen LogP contribution in [-0.2, 0) is 14.2 Å². The summed E-state index contributed by atoms with van der Waals surface area (Å²) >= 11 is 0. The first-order valence-corrected chi connectivity index (χ1v) is 4.78. The maximum absolute atomic E-state index is 5.23. The van der Waals surface area contributed by atoms with E-state index in [1.165, 1.54) is 0 Å². The summed E-state index contributed by atoms with van der Waals surface area (Å²) in [6, 6.07) is 0. The molecule has 2 aliphatic rings. The van der Waals surface area contributed by atoms with Gasteiger partial charge in [-0.15, -0.1) is 6.58 Å². The molecule has 2 fully saturated rings. The highest BCUT2D eigenvalue weighted by Gasteiger charge is 2.26. The maximum atomic E-state index is 5.23. The van der Waals surface area contributed by atoms with Gasteiger partial charge in [0.05, 0.1) is 26.4 Å². The maximum Gasteiger partial charge on any atom is 0.104 e. The molecule has 13 heavy (non-hydrogen) atoms. The van der Waals surface area contributed by atoms with E-state index in [9.17, 15) is 0 Å². The first-order valence-electron chi connectivity index (χ1n) is 4.78. The van der Waals surface area contributed by atoms with E-state index >= 15 is 0 Å². The molecule has 0 N–H and O–H groups in total. The smallest absolute Gasteiger partial charge is 0.104 e. The predicted octanol–water partition coefficient (Wildman–Crippen LogP) is 1.38. The number of hydrogen-bond donors (Lipinski definition) is 0. The fourth-order valence-corrected chi connectivity index (χ4v) is 0.659. The molecule has 0 aromatic rings. The van der Waals surface area contributed by atoms with Crippen molar-refractivity contribution in [3.05, 3.63) is 12.7 Å². The Hall–Kier alpha value is -0.380. The molecule has 3 heteroatoms. The molecule has 0 bridgehead atoms. The average molecular weight is 186 g/mol. The third-order valence-electron chi connectivity index (χ3n) is 1.70. The average Bonchev–Trinajstić information content (AvgIpc) is 2.98. The van der Waals surface area contributed by atoms with Crippen molar-refractivity contribution in [2.75, 3.05) is 26.4 Å². The Labute approximate surface area is 79.7 Å². The van der Waals surface area contributed by atoms with Crippen LogP contribution in [0.5, 0.6) is 0 Å². The van der Waals surface area contributed by atoms with E-state index in [4.69, 9.17) is 14.2 Å². The van der Waals surface area contributed by atoms with Crippen molar-refractivity contribution in [1.29, 1.82) is 0 Å². The second-order valence-electron chi connectivity index (χ2n) is 3.15. The number of ether oxygens (including phenoxy) is 3. The van der Waals surface area contributed by atoms with Crippen LogP contribution in [0, 0.1) is 0 Å². The minimum absolute atomic E-state index is 0.392. The van der Waals surface area contributed by atoms with Crippen molar-refractivity contribution in [2.45, 2.75) is 25.6 Å². The van der Waals surface area contributed by atoms with Crippen molar-refractivity contribution < 1.29 is 14.2 Å². The van der Waals surface area contributed by atoms with Crippen LogP contribution in [0.1, 0.15) is 13.3 Å². The van der Waals surface area contributed by atoms with Crippen molar-refractivity contribution in [3.63, 3.8) is 0 Å². The molecule has 2 saturated heterocycles. The minimum atomic E-state index is 0.392. The molecule has 0 saturated carbocycles. The summed E-state index contributed by atoms with van der Waals surface area (Å²) < 4.78 is 15.1. The lowest BCUT2D eigenvalue weighted by molar-refractivity contribution is 0.102. The number of epoxide rings is 2. The van der Waals surface area contributed by atoms with Gasteiger partial charge < -0.3 is 14.2 Å². The topological polar surface area (TPSA) is 34.3 Å². The molecule has 0 aromatic carbocycles. The SMILES string of the molecule is C(OCC1CO1)C1CO1.C=CCC. The standard InChI is InChI=1S/C6H10O3.C4H8/c1(5-3-8-5)7-2-6-4-9-6;1-3-4-2/h5-6H,1-4H2;3H,1,4H2,2H3. The number of hydrogen-bond acceptors (Lipinski definition) is 3. The largest absolute Gasteiger partial charge is 0.376 e. The molecule has 2 heterocycles. The Kier molecular flexibility index (Phi) is 5.05. The van der Waals surface area contributed by atoms with Crippen molar-refractivity contribution in [2.24, 2.45) is 0 Å². The summed E-state index contributed by atoms with van der Waals surface area (Å²) in [5.41, 5.74) is 0. The van der Waals surface area contributed by atoms with Crippen LogP contribution in [0.2, 0.25) is 0 Å². The molecular weight excluding hydrogens is 168 g/mol. The zero-order valence-corrected chi connectivity index (χ0v) is 8.20. The van der Waals surface area contributed by atoms with Crippen LogP contribution in [0.4, 0.5) is 0 Å². The highest BCUT2D eigenvalue weighted by atomic mass is 16.6. The zero-order chi connectivity index (χ0) is 9.52. The first kappa shape index (κ1) is 10.7. The summed E-state index contributed by atoms with van der Waals surface area (Å²) in [7, 11) is 0. The summed E-state index contributed by atoms with van der Waals surface area (Å²) in [6.07, 6.45) is 3.74. The molecule has 0 aliphatic carbocycles. The second-order valence-corrected chi connectivity index (χ2v) is 3.15. The molecule has 2 aliphatic heterocycles. The quantitative estimate of drug-likeness (QED) is 0.480. The molecule has 0 radical (unpaired) electrons. The molecule has 76 valence electrons. The third kappa shape index (κ3) is 6.75. The number of allylic oxidation sites excluding steroid dienone is 1. The molecule has 0 aromatic heterocycles. The third-order valence-corrected chi connectivity index (χ3v) is 1.70. The van der Waals surface area contributed by atoms with Gasteiger partial charge in [0, 0.05) is 0 Å². The zero-order valence-electron chi connectivity index (χ0n) is 8.20. The molecule has 3 nitrogen and oxygen atoms in total. The van der Waals surface area contributed by atoms with Gasteiger partial charge in [0.1, 0.15) is 12.2 Å². The van der Waals surface area contributed by atoms with Gasteiger partial charge in [0.25, 0.3) is 0 Å². The molecule has 2 atom stereocenters. The van der Waals surface area contributed by atoms with Gasteiger partial charge in [-0.05, 0) is 6.42 Å². The van der Waals surface area contributed by atoms with Crippen LogP contribution in [0.25, 0.3) is 0 Å². The lowest BCUT2D eigenvalue weighted by Crippen LogP contribution is -2.06. The second kappa shape index (κ2) is 6.13. The summed E-state index contributed by atoms with van der Waals surface area (Å²) in [4.78, 5) is 0. The normalized spacial score (nSPS) is 28.7. The van der Waals surface area contributed by atoms with E-state index < -0.39 is 0 Å². The van der Waals surface area contributed by atoms with E-state index in [-0.39, 0.29) is 0 Å². The van der Waals surface area contributed by atoms with E-state index in [1.807, 2.05) is 6.08 Å². The Bertz CT molecular complexity index is 127. The Balaban J connectivity index is 0.000000184. The number of rotatable bonds is 5. The highest BCUT2D eigenvalue weighted by Crippen LogP contribution is 2.12. The Morgan fingerprint density at radius 2 is 1.69 bits per heavy atom. The van der Waals surface area contributed by atoms with Crippen LogP contribution in [0.3, 0.4) is 0 Å². The van der Waals surface area contributed by atoms with E-state index in [2.05, 4.69) is 13.5 Å². The van der Waals surface area contributed by atoms with Crippen LogP contribution < -0.4 is 0 Å². The van der Waals surface area contributed by atoms with Crippen molar-refractivity contribution >= 4 is 0 Å². The predicted molar refractivity (Wildman–Crippen MR) is 50.8 cm³/mol. The lowest BCUT2D eigenvalue weighted by atomic mass is 10.5. The van der Waals surface area contributed by atoms with Crippen LogP contribution in [0.15, 0.2) is 12.7 Å². The van der Waals surface area contributed by atoms with Gasteiger partial charge in [-0.2, -0.15) is 0 Å². The Morgan fingerprint density at radius 3 is 1.92 bits per heavy atom. The van der Waals surface area contributed by atoms with Gasteiger partial charge in [0.15, 0.2) is 0 Å². The van der Waals surface area contributed by atoms with Crippen molar-refractivity contribution in [3.8, 4) is 0 Å². The minimum Gasteiger partial charge on any atom is -0.376 e. The summed E-state index contributed by atoms with van der Waals surface area (Å²) in [6.45, 7) is 8.80. The Morgan fingerprint density at radius 1 is 1.31 bits per heavy atom. The van der Waals surface area contributed by atoms with Gasteiger partial charge >= 0.3 is 0 Å². The van der Waals surface area contributed by atoms with Gasteiger partial charge in [0.2, 0.25) is 0 Å². The molecular formula is C10H18O3. The van der Waals surface area contributed by atoms with Crippen LogP contribution in [-0.4, -0.2) is 38.6 Å². The molecule has 0 spiro atoms. The fourth-order valence-electron chi connectivity index (χ4n) is 0.659. The monoisotopic (exact) mass is 186 g/mol. The van der Waals surface area contributed by atoms with E-state index in [0.29, 0.717) is 12.2 Å². The summed E-state index contributed by atoms with van der Waals surface area (Å²) in [5, 5.41) is 0. The molecule has 2 rings (SSSR count).